The van der Waals surface area contributed by atoms with Crippen LogP contribution in [0, 0.1) is 13.8 Å². The molecule has 0 spiro atoms. The van der Waals surface area contributed by atoms with Gasteiger partial charge in [0.05, 0.1) is 0 Å². The van der Waals surface area contributed by atoms with E-state index in [1.54, 1.807) is 0 Å². The fraction of sp³-hybridized carbons (Fsp3) is 0.333. The van der Waals surface area contributed by atoms with Crippen molar-refractivity contribution >= 4 is 41.2 Å². The van der Waals surface area contributed by atoms with Crippen molar-refractivity contribution in [2.75, 3.05) is 0 Å². The van der Waals surface area contributed by atoms with Crippen LogP contribution in [0.3, 0.4) is 0 Å². The fourth-order valence-electron chi connectivity index (χ4n) is 1.59. The smallest absolute Gasteiger partial charge is 0.0297 e. The summed E-state index contributed by atoms with van der Waals surface area (Å²) in [7, 11) is 7.56. The molecular formula is C18H24S4. The van der Waals surface area contributed by atoms with Crippen LogP contribution in [0.25, 0.3) is 0 Å². The summed E-state index contributed by atoms with van der Waals surface area (Å²) in [6.07, 6.45) is 0. The third-order valence-electron chi connectivity index (χ3n) is 2.82. The van der Waals surface area contributed by atoms with Crippen LogP contribution < -0.4 is 0 Å². The van der Waals surface area contributed by atoms with Crippen LogP contribution in [0.5, 0.6) is 0 Å². The van der Waals surface area contributed by atoms with Crippen molar-refractivity contribution < 1.29 is 0 Å². The van der Waals surface area contributed by atoms with Gasteiger partial charge in [-0.3, -0.25) is 0 Å². The zero-order valence-corrected chi connectivity index (χ0v) is 16.9. The van der Waals surface area contributed by atoms with Gasteiger partial charge < -0.3 is 0 Å². The number of rotatable bonds is 7. The van der Waals surface area contributed by atoms with Gasteiger partial charge in [-0.1, -0.05) is 95.1 Å². The summed E-state index contributed by atoms with van der Waals surface area (Å²) in [4.78, 5) is 0. The molecule has 0 radical (unpaired) electrons. The molecule has 0 saturated heterocycles. The normalized spacial score (nSPS) is 10.0. The summed E-state index contributed by atoms with van der Waals surface area (Å²) in [6, 6.07) is 17.6. The Bertz CT molecular complexity index is 456. The lowest BCUT2D eigenvalue weighted by atomic mass is 10.2. The number of hydrogen-bond acceptors (Lipinski definition) is 4. The van der Waals surface area contributed by atoms with Gasteiger partial charge in [-0.05, 0) is 44.6 Å². The minimum absolute atomic E-state index is 1.07. The quantitative estimate of drug-likeness (QED) is 0.362. The van der Waals surface area contributed by atoms with Crippen molar-refractivity contribution in [3.63, 3.8) is 0 Å². The summed E-state index contributed by atoms with van der Waals surface area (Å²) >= 11 is 0. The number of benzene rings is 2. The van der Waals surface area contributed by atoms with E-state index in [0.29, 0.717) is 0 Å². The Balaban J connectivity index is 0.00000116. The van der Waals surface area contributed by atoms with E-state index in [4.69, 9.17) is 0 Å². The van der Waals surface area contributed by atoms with E-state index < -0.39 is 0 Å². The second-order valence-corrected chi connectivity index (χ2v) is 10.6. The number of aryl methyl sites for hydroxylation is 2. The van der Waals surface area contributed by atoms with Crippen LogP contribution in [0.2, 0.25) is 0 Å². The molecule has 0 fully saturated rings. The Hall–Kier alpha value is -0.160. The largest absolute Gasteiger partial charge is 0.0769 e. The molecule has 120 valence electrons. The number of hydrogen-bond donors (Lipinski definition) is 0. The van der Waals surface area contributed by atoms with Gasteiger partial charge in [-0.15, -0.1) is 0 Å². The lowest BCUT2D eigenvalue weighted by Crippen LogP contribution is -1.78. The minimum Gasteiger partial charge on any atom is -0.0769 e. The first-order valence-corrected chi connectivity index (χ1v) is 12.6. The van der Waals surface area contributed by atoms with Gasteiger partial charge in [0.15, 0.2) is 0 Å². The molecule has 0 bridgehead atoms. The van der Waals surface area contributed by atoms with Crippen molar-refractivity contribution in [2.45, 2.75) is 39.2 Å². The predicted molar refractivity (Wildman–Crippen MR) is 111 cm³/mol. The highest BCUT2D eigenvalue weighted by atomic mass is 33.7. The topological polar surface area (TPSA) is 0 Å². The molecular weight excluding hydrogens is 344 g/mol. The lowest BCUT2D eigenvalue weighted by Gasteiger charge is -2.02. The standard InChI is InChI=1S/C16H18S4.C2H6/c1-13-3-7-15(8-4-13)11-17-19-20-18-12-16-9-5-14(2)6-10-16;1-2/h3-10H,11-12H2,1-2H3;1-2H3. The minimum atomic E-state index is 1.07. The molecule has 0 atom stereocenters. The molecule has 2 rings (SSSR count). The van der Waals surface area contributed by atoms with Crippen molar-refractivity contribution in [1.82, 2.24) is 0 Å². The van der Waals surface area contributed by atoms with E-state index in [-0.39, 0.29) is 0 Å². The summed E-state index contributed by atoms with van der Waals surface area (Å²) in [5.41, 5.74) is 5.46. The van der Waals surface area contributed by atoms with Gasteiger partial charge in [0.1, 0.15) is 0 Å². The maximum Gasteiger partial charge on any atom is 0.0297 e. The summed E-state index contributed by atoms with van der Waals surface area (Å²) in [5, 5.41) is 0. The molecule has 0 heterocycles. The van der Waals surface area contributed by atoms with Crippen molar-refractivity contribution in [2.24, 2.45) is 0 Å². The molecule has 2 aromatic rings. The van der Waals surface area contributed by atoms with E-state index >= 15 is 0 Å². The van der Waals surface area contributed by atoms with Gasteiger partial charge >= 0.3 is 0 Å². The van der Waals surface area contributed by atoms with Crippen molar-refractivity contribution in [3.05, 3.63) is 70.8 Å². The molecule has 0 unspecified atom stereocenters. The highest BCUT2D eigenvalue weighted by molar-refractivity contribution is 9.25. The molecule has 0 saturated carbocycles. The maximum absolute atomic E-state index is 2.22. The molecule has 2 aromatic carbocycles. The Morgan fingerprint density at radius 1 is 0.591 bits per heavy atom. The van der Waals surface area contributed by atoms with E-state index in [9.17, 15) is 0 Å². The van der Waals surface area contributed by atoms with Gasteiger partial charge in [0.2, 0.25) is 0 Å². The van der Waals surface area contributed by atoms with Crippen molar-refractivity contribution in [3.8, 4) is 0 Å². The van der Waals surface area contributed by atoms with Crippen LogP contribution in [-0.4, -0.2) is 0 Å². The highest BCUT2D eigenvalue weighted by Gasteiger charge is 1.97. The molecule has 22 heavy (non-hydrogen) atoms. The Morgan fingerprint density at radius 2 is 0.909 bits per heavy atom. The first kappa shape index (κ1) is 19.9. The third kappa shape index (κ3) is 8.47. The monoisotopic (exact) mass is 368 g/mol. The zero-order valence-electron chi connectivity index (χ0n) is 13.7. The SMILES string of the molecule is CC.Cc1ccc(CSSSSCc2ccc(C)cc2)cc1. The van der Waals surface area contributed by atoms with E-state index in [2.05, 4.69) is 62.4 Å². The molecule has 0 aliphatic rings. The summed E-state index contributed by atoms with van der Waals surface area (Å²) in [5.74, 6) is 2.14. The molecule has 0 nitrogen and oxygen atoms in total. The second-order valence-electron chi connectivity index (χ2n) is 4.63. The molecule has 0 amide bonds. The third-order valence-corrected chi connectivity index (χ3v) is 9.15. The Morgan fingerprint density at radius 3 is 1.23 bits per heavy atom. The van der Waals surface area contributed by atoms with Gasteiger partial charge in [-0.25, -0.2) is 0 Å². The zero-order chi connectivity index (χ0) is 16.2. The Labute approximate surface area is 150 Å². The Kier molecular flexibility index (Phi) is 11.1. The summed E-state index contributed by atoms with van der Waals surface area (Å²) < 4.78 is 0. The van der Waals surface area contributed by atoms with E-state index in [1.807, 2.05) is 55.1 Å². The predicted octanol–water partition coefficient (Wildman–Crippen LogP) is 7.71. The van der Waals surface area contributed by atoms with Gasteiger partial charge in [0.25, 0.3) is 0 Å². The molecule has 4 heteroatoms. The summed E-state index contributed by atoms with van der Waals surface area (Å²) in [6.45, 7) is 8.26. The molecule has 0 aromatic heterocycles. The average molecular weight is 369 g/mol. The lowest BCUT2D eigenvalue weighted by molar-refractivity contribution is 1.37. The van der Waals surface area contributed by atoms with Gasteiger partial charge in [0, 0.05) is 11.5 Å². The van der Waals surface area contributed by atoms with E-state index in [0.717, 1.165) is 11.5 Å². The van der Waals surface area contributed by atoms with Crippen LogP contribution in [-0.2, 0) is 11.5 Å². The maximum atomic E-state index is 2.22. The highest BCUT2D eigenvalue weighted by Crippen LogP contribution is 2.45. The molecule has 0 aliphatic carbocycles. The second kappa shape index (κ2) is 12.3. The van der Waals surface area contributed by atoms with Crippen LogP contribution in [0.4, 0.5) is 0 Å². The van der Waals surface area contributed by atoms with Crippen LogP contribution >= 0.6 is 41.2 Å². The first-order valence-electron chi connectivity index (χ1n) is 7.43. The van der Waals surface area contributed by atoms with Crippen molar-refractivity contribution in [1.29, 1.82) is 0 Å². The molecule has 0 aliphatic heterocycles. The average Bonchev–Trinajstić information content (AvgIpc) is 2.56. The van der Waals surface area contributed by atoms with Gasteiger partial charge in [-0.2, -0.15) is 0 Å². The fourth-order valence-corrected chi connectivity index (χ4v) is 7.46. The van der Waals surface area contributed by atoms with E-state index in [1.165, 1.54) is 22.3 Å². The first-order chi connectivity index (χ1) is 10.7. The molecule has 0 N–H and O–H groups in total. The van der Waals surface area contributed by atoms with Crippen LogP contribution in [0.1, 0.15) is 36.1 Å². The van der Waals surface area contributed by atoms with Crippen LogP contribution in [0.15, 0.2) is 48.5 Å².